The van der Waals surface area contributed by atoms with Crippen molar-refractivity contribution < 1.29 is 0 Å². The van der Waals surface area contributed by atoms with Gasteiger partial charge in [0.05, 0.1) is 0 Å². The van der Waals surface area contributed by atoms with Crippen molar-refractivity contribution in [3.8, 4) is 0 Å². The SMILES string of the molecule is CN(CCN1CCCNCC1)C1CCCC1. The Kier molecular flexibility index (Phi) is 5.07. The molecule has 0 amide bonds. The van der Waals surface area contributed by atoms with E-state index in [0.29, 0.717) is 0 Å². The maximum atomic E-state index is 3.46. The monoisotopic (exact) mass is 225 g/mol. The predicted molar refractivity (Wildman–Crippen MR) is 68.8 cm³/mol. The third kappa shape index (κ3) is 3.72. The van der Waals surface area contributed by atoms with E-state index in [9.17, 15) is 0 Å². The summed E-state index contributed by atoms with van der Waals surface area (Å²) >= 11 is 0. The van der Waals surface area contributed by atoms with Crippen LogP contribution in [0.2, 0.25) is 0 Å². The summed E-state index contributed by atoms with van der Waals surface area (Å²) in [6, 6.07) is 0.880. The van der Waals surface area contributed by atoms with Gasteiger partial charge < -0.3 is 15.1 Å². The van der Waals surface area contributed by atoms with Crippen LogP contribution in [-0.2, 0) is 0 Å². The van der Waals surface area contributed by atoms with Gasteiger partial charge in [0.2, 0.25) is 0 Å². The summed E-state index contributed by atoms with van der Waals surface area (Å²) in [5.74, 6) is 0. The average Bonchev–Trinajstić information content (AvgIpc) is 2.71. The van der Waals surface area contributed by atoms with Crippen LogP contribution in [-0.4, -0.2) is 62.2 Å². The molecule has 1 saturated carbocycles. The summed E-state index contributed by atoms with van der Waals surface area (Å²) in [4.78, 5) is 5.21. The zero-order valence-corrected chi connectivity index (χ0v) is 10.7. The molecular weight excluding hydrogens is 198 g/mol. The maximum Gasteiger partial charge on any atom is 0.0110 e. The molecule has 94 valence electrons. The summed E-state index contributed by atoms with van der Waals surface area (Å²) in [6.45, 7) is 7.41. The lowest BCUT2D eigenvalue weighted by atomic mass is 10.2. The molecule has 0 unspecified atom stereocenters. The zero-order valence-electron chi connectivity index (χ0n) is 10.7. The third-order valence-electron chi connectivity index (χ3n) is 4.15. The molecule has 2 fully saturated rings. The minimum Gasteiger partial charge on any atom is -0.315 e. The van der Waals surface area contributed by atoms with Crippen molar-refractivity contribution in [2.24, 2.45) is 0 Å². The van der Waals surface area contributed by atoms with Gasteiger partial charge in [-0.1, -0.05) is 12.8 Å². The molecule has 3 heteroatoms. The normalized spacial score (nSPS) is 25.1. The number of likely N-dealkylation sites (N-methyl/N-ethyl adjacent to an activating group) is 1. The Morgan fingerprint density at radius 2 is 1.94 bits per heavy atom. The van der Waals surface area contributed by atoms with Crippen molar-refractivity contribution in [1.82, 2.24) is 15.1 Å². The highest BCUT2D eigenvalue weighted by molar-refractivity contribution is 4.76. The van der Waals surface area contributed by atoms with E-state index >= 15 is 0 Å². The molecule has 1 aliphatic heterocycles. The van der Waals surface area contributed by atoms with Gasteiger partial charge in [-0.2, -0.15) is 0 Å². The molecule has 0 radical (unpaired) electrons. The van der Waals surface area contributed by atoms with Crippen LogP contribution in [0.25, 0.3) is 0 Å². The van der Waals surface area contributed by atoms with E-state index in [4.69, 9.17) is 0 Å². The second kappa shape index (κ2) is 6.58. The molecule has 0 aromatic rings. The summed E-state index contributed by atoms with van der Waals surface area (Å²) in [6.07, 6.45) is 7.06. The lowest BCUT2D eigenvalue weighted by Gasteiger charge is -2.27. The fraction of sp³-hybridized carbons (Fsp3) is 1.00. The van der Waals surface area contributed by atoms with Gasteiger partial charge in [0.1, 0.15) is 0 Å². The van der Waals surface area contributed by atoms with Gasteiger partial charge in [-0.3, -0.25) is 0 Å². The molecule has 16 heavy (non-hydrogen) atoms. The molecule has 2 rings (SSSR count). The fourth-order valence-electron chi connectivity index (χ4n) is 2.95. The van der Waals surface area contributed by atoms with Crippen LogP contribution in [0.1, 0.15) is 32.1 Å². The summed E-state index contributed by atoms with van der Waals surface area (Å²) < 4.78 is 0. The van der Waals surface area contributed by atoms with Crippen molar-refractivity contribution in [3.63, 3.8) is 0 Å². The van der Waals surface area contributed by atoms with E-state index in [1.807, 2.05) is 0 Å². The van der Waals surface area contributed by atoms with E-state index in [0.717, 1.165) is 6.04 Å². The molecule has 0 atom stereocenters. The van der Waals surface area contributed by atoms with E-state index < -0.39 is 0 Å². The molecule has 0 aromatic heterocycles. The molecule has 1 N–H and O–H groups in total. The van der Waals surface area contributed by atoms with Gasteiger partial charge in [0.15, 0.2) is 0 Å². The Bertz CT molecular complexity index is 180. The highest BCUT2D eigenvalue weighted by atomic mass is 15.2. The van der Waals surface area contributed by atoms with E-state index in [-0.39, 0.29) is 0 Å². The highest BCUT2D eigenvalue weighted by Gasteiger charge is 2.19. The van der Waals surface area contributed by atoms with Gasteiger partial charge in [-0.05, 0) is 39.4 Å². The van der Waals surface area contributed by atoms with Crippen LogP contribution in [0, 0.1) is 0 Å². The number of nitrogens with zero attached hydrogens (tertiary/aromatic N) is 2. The molecule has 2 aliphatic rings. The Morgan fingerprint density at radius 1 is 1.12 bits per heavy atom. The number of rotatable bonds is 4. The lowest BCUT2D eigenvalue weighted by Crippen LogP contribution is -2.38. The van der Waals surface area contributed by atoms with Crippen molar-refractivity contribution in [3.05, 3.63) is 0 Å². The number of nitrogens with one attached hydrogen (secondary N) is 1. The second-order valence-corrected chi connectivity index (χ2v) is 5.36. The molecule has 0 bridgehead atoms. The largest absolute Gasteiger partial charge is 0.315 e. The van der Waals surface area contributed by atoms with Crippen LogP contribution in [0.3, 0.4) is 0 Å². The van der Waals surface area contributed by atoms with Gasteiger partial charge in [0, 0.05) is 32.2 Å². The van der Waals surface area contributed by atoms with Gasteiger partial charge in [-0.25, -0.2) is 0 Å². The smallest absolute Gasteiger partial charge is 0.0110 e. The van der Waals surface area contributed by atoms with Crippen molar-refractivity contribution in [1.29, 1.82) is 0 Å². The van der Waals surface area contributed by atoms with Crippen LogP contribution >= 0.6 is 0 Å². The highest BCUT2D eigenvalue weighted by Crippen LogP contribution is 2.21. The maximum absolute atomic E-state index is 3.46. The van der Waals surface area contributed by atoms with Crippen molar-refractivity contribution in [2.75, 3.05) is 46.3 Å². The molecule has 1 saturated heterocycles. The number of hydrogen-bond acceptors (Lipinski definition) is 3. The molecule has 3 nitrogen and oxygen atoms in total. The topological polar surface area (TPSA) is 18.5 Å². The molecule has 1 heterocycles. The first kappa shape index (κ1) is 12.3. The Morgan fingerprint density at radius 3 is 2.75 bits per heavy atom. The molecular formula is C13H27N3. The minimum absolute atomic E-state index is 0.880. The zero-order chi connectivity index (χ0) is 11.2. The van der Waals surface area contributed by atoms with Crippen LogP contribution in [0.5, 0.6) is 0 Å². The summed E-state index contributed by atoms with van der Waals surface area (Å²) in [7, 11) is 2.31. The summed E-state index contributed by atoms with van der Waals surface area (Å²) in [5.41, 5.74) is 0. The Balaban J connectivity index is 1.64. The van der Waals surface area contributed by atoms with Crippen molar-refractivity contribution >= 4 is 0 Å². The van der Waals surface area contributed by atoms with Crippen LogP contribution in [0.4, 0.5) is 0 Å². The standard InChI is InChI=1S/C13H27N3/c1-15(13-5-2-3-6-13)11-12-16-9-4-7-14-8-10-16/h13-14H,2-12H2,1H3. The predicted octanol–water partition coefficient (Wildman–Crippen LogP) is 1.16. The first-order valence-electron chi connectivity index (χ1n) is 6.99. The Hall–Kier alpha value is -0.120. The lowest BCUT2D eigenvalue weighted by molar-refractivity contribution is 0.195. The average molecular weight is 225 g/mol. The van der Waals surface area contributed by atoms with E-state index in [1.165, 1.54) is 71.4 Å². The van der Waals surface area contributed by atoms with Gasteiger partial charge in [0.25, 0.3) is 0 Å². The van der Waals surface area contributed by atoms with Crippen LogP contribution < -0.4 is 5.32 Å². The fourth-order valence-corrected chi connectivity index (χ4v) is 2.95. The quantitative estimate of drug-likeness (QED) is 0.774. The molecule has 0 aromatic carbocycles. The first-order valence-corrected chi connectivity index (χ1v) is 6.99. The van der Waals surface area contributed by atoms with Gasteiger partial charge >= 0.3 is 0 Å². The second-order valence-electron chi connectivity index (χ2n) is 5.36. The molecule has 1 aliphatic carbocycles. The van der Waals surface area contributed by atoms with E-state index in [1.54, 1.807) is 0 Å². The van der Waals surface area contributed by atoms with Crippen molar-refractivity contribution in [2.45, 2.75) is 38.1 Å². The van der Waals surface area contributed by atoms with Crippen LogP contribution in [0.15, 0.2) is 0 Å². The Labute approximate surface area is 100 Å². The van der Waals surface area contributed by atoms with E-state index in [2.05, 4.69) is 22.2 Å². The number of hydrogen-bond donors (Lipinski definition) is 1. The third-order valence-corrected chi connectivity index (χ3v) is 4.15. The first-order chi connectivity index (χ1) is 7.86. The summed E-state index contributed by atoms with van der Waals surface area (Å²) in [5, 5.41) is 3.46. The van der Waals surface area contributed by atoms with Gasteiger partial charge in [-0.15, -0.1) is 0 Å². The minimum atomic E-state index is 0.880. The molecule has 0 spiro atoms.